The summed E-state index contributed by atoms with van der Waals surface area (Å²) >= 11 is 0. The van der Waals surface area contributed by atoms with E-state index in [4.69, 9.17) is 9.40 Å². The Hall–Kier alpha value is -6.01. The van der Waals surface area contributed by atoms with Gasteiger partial charge in [0.05, 0.1) is 22.3 Å². The van der Waals surface area contributed by atoms with Gasteiger partial charge in [-0.05, 0) is 109 Å². The number of oxazole rings is 1. The molecule has 0 saturated heterocycles. The number of aromatic nitrogens is 2. The highest BCUT2D eigenvalue weighted by Crippen LogP contribution is 2.49. The molecule has 0 radical (unpaired) electrons. The molecule has 330 valence electrons. The van der Waals surface area contributed by atoms with Crippen LogP contribution in [0.4, 0.5) is 34.3 Å². The standard InChI is InChI=1S/C59H65BN4O/c1-55(2,3)36-24-27-40(28-25-36)62-48-29-26-37(56(4,5)6)33-45(48)60-51-49(62)34-42(63-46-22-18-16-20-43(46)44-21-17-19-23-47(44)63)35-50(51)64(53-52(60)61-54(65-53)59(13,14)15)41-31-38(57(7,8)9)30-39(32-41)58(10,11)12/h16-35H,1-15H3. The normalized spacial score (nSPS) is 14.3. The van der Waals surface area contributed by atoms with Gasteiger partial charge in [0.1, 0.15) is 0 Å². The van der Waals surface area contributed by atoms with Crippen LogP contribution in [0.1, 0.15) is 132 Å². The van der Waals surface area contributed by atoms with Gasteiger partial charge in [-0.15, -0.1) is 0 Å². The van der Waals surface area contributed by atoms with Crippen molar-refractivity contribution in [1.29, 1.82) is 0 Å². The number of fused-ring (bicyclic) bond motifs is 7. The minimum absolute atomic E-state index is 0.0166. The van der Waals surface area contributed by atoms with Crippen molar-refractivity contribution in [3.63, 3.8) is 0 Å². The van der Waals surface area contributed by atoms with E-state index in [1.54, 1.807) is 0 Å². The number of hydrogen-bond donors (Lipinski definition) is 0. The molecular formula is C59H65BN4O. The molecule has 0 spiro atoms. The molecule has 2 aromatic heterocycles. The van der Waals surface area contributed by atoms with Crippen molar-refractivity contribution in [2.24, 2.45) is 0 Å². The SMILES string of the molecule is CC(C)(C)c1ccc(N2c3ccc(C(C)(C)C)cc3B3c4nc(C(C)(C)C)oc4N(c4cc(C(C)(C)C)cc(C(C)(C)C)c4)c4cc(-n5c6ccccc6c6ccccc65)cc2c43)cc1. The second-order valence-electron chi connectivity index (χ2n) is 23.9. The van der Waals surface area contributed by atoms with Crippen molar-refractivity contribution in [2.75, 3.05) is 9.80 Å². The van der Waals surface area contributed by atoms with Gasteiger partial charge in [-0.3, -0.25) is 4.90 Å². The molecule has 6 aromatic carbocycles. The zero-order valence-corrected chi connectivity index (χ0v) is 41.3. The van der Waals surface area contributed by atoms with Crippen LogP contribution in [0.3, 0.4) is 0 Å². The summed E-state index contributed by atoms with van der Waals surface area (Å²) in [4.78, 5) is 10.6. The lowest BCUT2D eigenvalue weighted by molar-refractivity contribution is 0.397. The van der Waals surface area contributed by atoms with Crippen molar-refractivity contribution in [3.05, 3.63) is 149 Å². The lowest BCUT2D eigenvalue weighted by Crippen LogP contribution is -2.62. The summed E-state index contributed by atoms with van der Waals surface area (Å²) in [5, 5.41) is 2.47. The fourth-order valence-corrected chi connectivity index (χ4v) is 9.98. The van der Waals surface area contributed by atoms with Gasteiger partial charge in [0, 0.05) is 44.6 Å². The van der Waals surface area contributed by atoms with Crippen LogP contribution in [0.25, 0.3) is 27.5 Å². The molecule has 2 aliphatic heterocycles. The van der Waals surface area contributed by atoms with E-state index in [2.05, 4.69) is 240 Å². The molecule has 0 N–H and O–H groups in total. The molecule has 0 fully saturated rings. The highest BCUT2D eigenvalue weighted by molar-refractivity contribution is 6.99. The number of nitrogens with zero attached hydrogens (tertiary/aromatic N) is 4. The molecule has 10 rings (SSSR count). The van der Waals surface area contributed by atoms with Gasteiger partial charge in [-0.1, -0.05) is 171 Å². The summed E-state index contributed by atoms with van der Waals surface area (Å²) in [7, 11) is 0. The molecule has 0 amide bonds. The average Bonchev–Trinajstić information content (AvgIpc) is 3.83. The predicted molar refractivity (Wildman–Crippen MR) is 278 cm³/mol. The predicted octanol–water partition coefficient (Wildman–Crippen LogP) is 14.3. The maximum Gasteiger partial charge on any atom is 0.279 e. The number of hydrogen-bond acceptors (Lipinski definition) is 4. The van der Waals surface area contributed by atoms with Crippen LogP contribution >= 0.6 is 0 Å². The van der Waals surface area contributed by atoms with Crippen molar-refractivity contribution in [3.8, 4) is 5.69 Å². The zero-order chi connectivity index (χ0) is 46.3. The van der Waals surface area contributed by atoms with E-state index in [1.165, 1.54) is 55.0 Å². The average molecular weight is 857 g/mol. The Kier molecular flexibility index (Phi) is 9.41. The van der Waals surface area contributed by atoms with Crippen molar-refractivity contribution in [1.82, 2.24) is 9.55 Å². The molecule has 2 aliphatic rings. The number of rotatable bonds is 3. The third kappa shape index (κ3) is 7.02. The summed E-state index contributed by atoms with van der Waals surface area (Å²) < 4.78 is 9.74. The molecule has 65 heavy (non-hydrogen) atoms. The van der Waals surface area contributed by atoms with Crippen LogP contribution in [-0.2, 0) is 27.1 Å². The summed E-state index contributed by atoms with van der Waals surface area (Å²) in [6.45, 7) is 34.2. The Balaban J connectivity index is 1.39. The van der Waals surface area contributed by atoms with Crippen LogP contribution in [0.15, 0.2) is 126 Å². The maximum atomic E-state index is 7.28. The Labute approximate surface area is 387 Å². The number of anilines is 6. The quantitative estimate of drug-likeness (QED) is 0.166. The van der Waals surface area contributed by atoms with Gasteiger partial charge < -0.3 is 13.9 Å². The zero-order valence-electron chi connectivity index (χ0n) is 41.3. The lowest BCUT2D eigenvalue weighted by atomic mass is 9.35. The van der Waals surface area contributed by atoms with Crippen molar-refractivity contribution in [2.45, 2.75) is 131 Å². The van der Waals surface area contributed by atoms with E-state index in [1.807, 2.05) is 0 Å². The molecular weight excluding hydrogens is 791 g/mol. The fourth-order valence-electron chi connectivity index (χ4n) is 9.98. The molecule has 8 aromatic rings. The Morgan fingerprint density at radius 2 is 0.938 bits per heavy atom. The first-order chi connectivity index (χ1) is 30.4. The summed E-state index contributed by atoms with van der Waals surface area (Å²) in [5.74, 6) is 1.53. The van der Waals surface area contributed by atoms with Crippen LogP contribution in [-0.4, -0.2) is 16.3 Å². The van der Waals surface area contributed by atoms with Gasteiger partial charge in [0.15, 0.2) is 0 Å². The van der Waals surface area contributed by atoms with E-state index in [-0.39, 0.29) is 33.8 Å². The number of benzene rings is 6. The first-order valence-electron chi connectivity index (χ1n) is 23.6. The lowest BCUT2D eigenvalue weighted by Gasteiger charge is -2.43. The van der Waals surface area contributed by atoms with E-state index < -0.39 is 0 Å². The van der Waals surface area contributed by atoms with E-state index >= 15 is 0 Å². The monoisotopic (exact) mass is 857 g/mol. The maximum absolute atomic E-state index is 7.28. The third-order valence-electron chi connectivity index (χ3n) is 13.8. The van der Waals surface area contributed by atoms with E-state index in [0.29, 0.717) is 0 Å². The van der Waals surface area contributed by atoms with Crippen LogP contribution in [0.5, 0.6) is 0 Å². The summed E-state index contributed by atoms with van der Waals surface area (Å²) in [6.07, 6.45) is 0. The summed E-state index contributed by atoms with van der Waals surface area (Å²) in [5.41, 5.74) is 17.1. The fraction of sp³-hybridized carbons (Fsp3) is 0.339. The Morgan fingerprint density at radius 1 is 0.431 bits per heavy atom. The van der Waals surface area contributed by atoms with Crippen molar-refractivity contribution < 1.29 is 4.42 Å². The van der Waals surface area contributed by atoms with Gasteiger partial charge in [0.2, 0.25) is 11.8 Å². The minimum Gasteiger partial charge on any atom is -0.424 e. The molecule has 0 aliphatic carbocycles. The Bertz CT molecular complexity index is 3100. The van der Waals surface area contributed by atoms with Gasteiger partial charge in [-0.2, -0.15) is 0 Å². The third-order valence-corrected chi connectivity index (χ3v) is 13.8. The largest absolute Gasteiger partial charge is 0.424 e. The molecule has 0 bridgehead atoms. The van der Waals surface area contributed by atoms with Crippen LogP contribution in [0.2, 0.25) is 0 Å². The highest BCUT2D eigenvalue weighted by atomic mass is 16.4. The van der Waals surface area contributed by atoms with Gasteiger partial charge in [-0.25, -0.2) is 4.98 Å². The van der Waals surface area contributed by atoms with Crippen LogP contribution in [0, 0.1) is 0 Å². The van der Waals surface area contributed by atoms with Gasteiger partial charge >= 0.3 is 0 Å². The smallest absolute Gasteiger partial charge is 0.279 e. The first kappa shape index (κ1) is 42.9. The summed E-state index contributed by atoms with van der Waals surface area (Å²) in [6, 6.07) is 46.2. The second kappa shape index (κ2) is 14.2. The molecule has 4 heterocycles. The van der Waals surface area contributed by atoms with Crippen LogP contribution < -0.4 is 26.3 Å². The molecule has 0 atom stereocenters. The molecule has 0 unspecified atom stereocenters. The topological polar surface area (TPSA) is 37.4 Å². The van der Waals surface area contributed by atoms with Gasteiger partial charge in [0.25, 0.3) is 6.71 Å². The number of para-hydroxylation sites is 2. The first-order valence-corrected chi connectivity index (χ1v) is 23.6. The Morgan fingerprint density at radius 3 is 1.46 bits per heavy atom. The molecule has 6 heteroatoms. The second-order valence-corrected chi connectivity index (χ2v) is 23.9. The van der Waals surface area contributed by atoms with Crippen molar-refractivity contribution >= 4 is 79.4 Å². The highest BCUT2D eigenvalue weighted by Gasteiger charge is 2.48. The molecule has 0 saturated carbocycles. The molecule has 5 nitrogen and oxygen atoms in total. The van der Waals surface area contributed by atoms with E-state index in [0.717, 1.165) is 51.5 Å². The van der Waals surface area contributed by atoms with E-state index in [9.17, 15) is 0 Å². The minimum atomic E-state index is -0.332.